The molecule has 0 aliphatic heterocycles. The summed E-state index contributed by atoms with van der Waals surface area (Å²) in [7, 11) is -4.48. The lowest BCUT2D eigenvalue weighted by Gasteiger charge is -2.33. The summed E-state index contributed by atoms with van der Waals surface area (Å²) in [5.74, 6) is -0.392. The number of nitrogens with one attached hydrogen (secondary N) is 1. The lowest BCUT2D eigenvalue weighted by atomic mass is 9.95. The van der Waals surface area contributed by atoms with Crippen LogP contribution in [0.1, 0.15) is 54.4 Å². The number of hydrogen-bond acceptors (Lipinski definition) is 5. The van der Waals surface area contributed by atoms with Gasteiger partial charge in [-0.1, -0.05) is 49.1 Å². The number of carbonyl (C=O) groups excluding carboxylic acids is 1. The molecule has 2 aromatic carbocycles. The van der Waals surface area contributed by atoms with Crippen LogP contribution >= 0.6 is 0 Å². The molecule has 1 aliphatic carbocycles. The molecule has 0 unspecified atom stereocenters. The highest BCUT2D eigenvalue weighted by molar-refractivity contribution is 7.89. The van der Waals surface area contributed by atoms with Gasteiger partial charge in [0, 0.05) is 26.7 Å². The Morgan fingerprint density at radius 3 is 1.97 bits per heavy atom. The number of nitrogens with zero attached hydrogens (tertiary/aromatic N) is 2. The van der Waals surface area contributed by atoms with E-state index in [1.165, 1.54) is 30.5 Å². The molecule has 10 heteroatoms. The van der Waals surface area contributed by atoms with E-state index in [9.17, 15) is 21.6 Å². The van der Waals surface area contributed by atoms with Crippen molar-refractivity contribution in [1.82, 2.24) is 13.9 Å². The minimum Gasteiger partial charge on any atom is -0.351 e. The minimum atomic E-state index is -3.89. The van der Waals surface area contributed by atoms with Gasteiger partial charge in [-0.3, -0.25) is 4.79 Å². The number of rotatable bonds is 9. The highest BCUT2D eigenvalue weighted by atomic mass is 32.2. The van der Waals surface area contributed by atoms with Crippen LogP contribution in [0.5, 0.6) is 0 Å². The molecule has 1 fully saturated rings. The van der Waals surface area contributed by atoms with Crippen LogP contribution < -0.4 is 5.32 Å². The first kappa shape index (κ1) is 28.3. The Morgan fingerprint density at radius 1 is 0.889 bits per heavy atom. The van der Waals surface area contributed by atoms with Crippen molar-refractivity contribution in [3.63, 3.8) is 0 Å². The van der Waals surface area contributed by atoms with E-state index in [-0.39, 0.29) is 28.9 Å². The Bertz CT molecular complexity index is 1270. The van der Waals surface area contributed by atoms with Crippen LogP contribution in [0, 0.1) is 20.8 Å². The van der Waals surface area contributed by atoms with Crippen LogP contribution in [0.15, 0.2) is 46.2 Å². The molecule has 0 saturated heterocycles. The Balaban J connectivity index is 1.79. The fourth-order valence-electron chi connectivity index (χ4n) is 4.86. The van der Waals surface area contributed by atoms with Gasteiger partial charge >= 0.3 is 0 Å². The summed E-state index contributed by atoms with van der Waals surface area (Å²) >= 11 is 0. The van der Waals surface area contributed by atoms with Gasteiger partial charge in [-0.15, -0.1) is 0 Å². The van der Waals surface area contributed by atoms with Crippen molar-refractivity contribution in [1.29, 1.82) is 0 Å². The van der Waals surface area contributed by atoms with Crippen molar-refractivity contribution in [3.8, 4) is 0 Å². The first-order chi connectivity index (χ1) is 16.8. The summed E-state index contributed by atoms with van der Waals surface area (Å²) < 4.78 is 54.8. The SMILES string of the molecule is Cc1cc(C)c(S(=O)(=O)N(CC(=O)NCc2ccc(S(=O)(=O)N(C)C)cc2)C2CCCCC2)c(C)c1. The van der Waals surface area contributed by atoms with Crippen molar-refractivity contribution in [2.75, 3.05) is 20.6 Å². The Labute approximate surface area is 215 Å². The third-order valence-corrected chi connectivity index (χ3v) is 10.7. The Hall–Kier alpha value is -2.27. The summed E-state index contributed by atoms with van der Waals surface area (Å²) in [4.78, 5) is 13.4. The van der Waals surface area contributed by atoms with E-state index in [4.69, 9.17) is 0 Å². The molecule has 2 aromatic rings. The summed E-state index contributed by atoms with van der Waals surface area (Å²) in [6.07, 6.45) is 4.41. The number of amides is 1. The molecule has 3 rings (SSSR count). The van der Waals surface area contributed by atoms with Crippen LogP contribution in [0.3, 0.4) is 0 Å². The van der Waals surface area contributed by atoms with Crippen LogP contribution in [0.4, 0.5) is 0 Å². The predicted molar refractivity (Wildman–Crippen MR) is 141 cm³/mol. The van der Waals surface area contributed by atoms with Gasteiger partial charge in [0.25, 0.3) is 0 Å². The Morgan fingerprint density at radius 2 is 1.44 bits per heavy atom. The molecule has 0 bridgehead atoms. The standard InChI is InChI=1S/C26H37N3O5S2/c1-19-15-20(2)26(21(3)16-19)36(33,34)29(23-9-7-6-8-10-23)18-25(30)27-17-22-11-13-24(14-12-22)35(31,32)28(4)5/h11-16,23H,6-10,17-18H2,1-5H3,(H,27,30). The predicted octanol–water partition coefficient (Wildman–Crippen LogP) is 3.50. The number of carbonyl (C=O) groups is 1. The largest absolute Gasteiger partial charge is 0.351 e. The molecule has 1 aliphatic rings. The molecule has 0 aromatic heterocycles. The zero-order chi connectivity index (χ0) is 26.7. The molecular formula is C26H37N3O5S2. The normalized spacial score (nSPS) is 15.4. The maximum Gasteiger partial charge on any atom is 0.244 e. The van der Waals surface area contributed by atoms with Gasteiger partial charge in [0.2, 0.25) is 26.0 Å². The number of hydrogen-bond donors (Lipinski definition) is 1. The number of benzene rings is 2. The van der Waals surface area contributed by atoms with E-state index in [0.717, 1.165) is 47.5 Å². The fraction of sp³-hybridized carbons (Fsp3) is 0.500. The average Bonchev–Trinajstić information content (AvgIpc) is 2.81. The van der Waals surface area contributed by atoms with Crippen LogP contribution in [-0.4, -0.2) is 58.0 Å². The molecule has 0 radical (unpaired) electrons. The maximum absolute atomic E-state index is 13.9. The van der Waals surface area contributed by atoms with Gasteiger partial charge in [-0.2, -0.15) is 4.31 Å². The van der Waals surface area contributed by atoms with Gasteiger partial charge in [0.05, 0.1) is 16.3 Å². The van der Waals surface area contributed by atoms with Crippen LogP contribution in [-0.2, 0) is 31.4 Å². The second-order valence-electron chi connectivity index (χ2n) is 9.78. The highest BCUT2D eigenvalue weighted by Crippen LogP contribution is 2.31. The van der Waals surface area contributed by atoms with Gasteiger partial charge < -0.3 is 5.32 Å². The van der Waals surface area contributed by atoms with Crippen LogP contribution in [0.25, 0.3) is 0 Å². The molecule has 36 heavy (non-hydrogen) atoms. The lowest BCUT2D eigenvalue weighted by molar-refractivity contribution is -0.121. The molecule has 1 amide bonds. The van der Waals surface area contributed by atoms with E-state index in [1.54, 1.807) is 26.0 Å². The van der Waals surface area contributed by atoms with Crippen molar-refractivity contribution >= 4 is 26.0 Å². The van der Waals surface area contributed by atoms with Gasteiger partial charge in [-0.25, -0.2) is 21.1 Å². The first-order valence-electron chi connectivity index (χ1n) is 12.2. The molecular weight excluding hydrogens is 498 g/mol. The second kappa shape index (κ2) is 11.4. The van der Waals surface area contributed by atoms with Crippen molar-refractivity contribution in [2.45, 2.75) is 75.3 Å². The Kier molecular flexibility index (Phi) is 8.97. The second-order valence-corrected chi connectivity index (χ2v) is 13.8. The van der Waals surface area contributed by atoms with Crippen molar-refractivity contribution < 1.29 is 21.6 Å². The van der Waals surface area contributed by atoms with E-state index >= 15 is 0 Å². The van der Waals surface area contributed by atoms with Crippen molar-refractivity contribution in [3.05, 3.63) is 58.7 Å². The van der Waals surface area contributed by atoms with Crippen LogP contribution in [0.2, 0.25) is 0 Å². The quantitative estimate of drug-likeness (QED) is 0.529. The summed E-state index contributed by atoms with van der Waals surface area (Å²) in [6, 6.07) is 9.79. The molecule has 0 atom stereocenters. The number of sulfonamides is 2. The fourth-order valence-corrected chi connectivity index (χ4v) is 7.82. The van der Waals surface area contributed by atoms with E-state index in [1.807, 2.05) is 19.1 Å². The number of aryl methyl sites for hydroxylation is 3. The monoisotopic (exact) mass is 535 g/mol. The molecule has 198 valence electrons. The van der Waals surface area contributed by atoms with E-state index < -0.39 is 26.0 Å². The van der Waals surface area contributed by atoms with Gasteiger partial charge in [-0.05, 0) is 62.4 Å². The molecule has 8 nitrogen and oxygen atoms in total. The molecule has 0 spiro atoms. The molecule has 0 heterocycles. The highest BCUT2D eigenvalue weighted by Gasteiger charge is 2.35. The maximum atomic E-state index is 13.9. The third kappa shape index (κ3) is 6.34. The molecule has 1 saturated carbocycles. The van der Waals surface area contributed by atoms with E-state index in [0.29, 0.717) is 11.1 Å². The minimum absolute atomic E-state index is 0.168. The van der Waals surface area contributed by atoms with Crippen molar-refractivity contribution in [2.24, 2.45) is 0 Å². The van der Waals surface area contributed by atoms with Gasteiger partial charge in [0.15, 0.2) is 0 Å². The zero-order valence-corrected chi connectivity index (χ0v) is 23.4. The van der Waals surface area contributed by atoms with Gasteiger partial charge in [0.1, 0.15) is 0 Å². The zero-order valence-electron chi connectivity index (χ0n) is 21.7. The summed E-state index contributed by atoms with van der Waals surface area (Å²) in [6.45, 7) is 5.44. The lowest BCUT2D eigenvalue weighted by Crippen LogP contribution is -2.47. The summed E-state index contributed by atoms with van der Waals surface area (Å²) in [5.41, 5.74) is 3.08. The summed E-state index contributed by atoms with van der Waals surface area (Å²) in [5, 5.41) is 2.81. The first-order valence-corrected chi connectivity index (χ1v) is 15.1. The molecule has 1 N–H and O–H groups in total. The third-order valence-electron chi connectivity index (χ3n) is 6.64. The average molecular weight is 536 g/mol. The topological polar surface area (TPSA) is 104 Å². The van der Waals surface area contributed by atoms with E-state index in [2.05, 4.69) is 5.32 Å². The smallest absolute Gasteiger partial charge is 0.244 e.